The minimum Gasteiger partial charge on any atom is -0.493 e. The maximum absolute atomic E-state index is 12.3. The number of carbonyl (C=O) groups excluding carboxylic acids is 6. The summed E-state index contributed by atoms with van der Waals surface area (Å²) in [5.74, 6) is -3.79. The van der Waals surface area contributed by atoms with Crippen LogP contribution in [0.25, 0.3) is 12.2 Å². The van der Waals surface area contributed by atoms with Crippen LogP contribution in [0.2, 0.25) is 0 Å². The predicted molar refractivity (Wildman–Crippen MR) is 154 cm³/mol. The Morgan fingerprint density at radius 1 is 0.651 bits per heavy atom. The Labute approximate surface area is 246 Å². The molecule has 0 fully saturated rings. The largest absolute Gasteiger partial charge is 0.493 e. The molecule has 0 saturated carbocycles. The van der Waals surface area contributed by atoms with Crippen LogP contribution in [-0.2, 0) is 28.8 Å². The highest BCUT2D eigenvalue weighted by Gasteiger charge is 2.21. The highest BCUT2D eigenvalue weighted by Crippen LogP contribution is 2.30. The molecule has 0 aliphatic rings. The fourth-order valence-electron chi connectivity index (χ4n) is 3.38. The Balaban J connectivity index is 1.99. The summed E-state index contributed by atoms with van der Waals surface area (Å²) in [5, 5.41) is 0. The molecular formula is C29H32N4O10. The van der Waals surface area contributed by atoms with E-state index in [-0.39, 0.29) is 35.8 Å². The first-order valence-electron chi connectivity index (χ1n) is 12.6. The van der Waals surface area contributed by atoms with Crippen molar-refractivity contribution in [2.45, 2.75) is 31.3 Å². The maximum atomic E-state index is 12.3. The summed E-state index contributed by atoms with van der Waals surface area (Å²) in [5.41, 5.74) is 22.3. The van der Waals surface area contributed by atoms with Gasteiger partial charge in [0.05, 0.1) is 33.5 Å². The van der Waals surface area contributed by atoms with Gasteiger partial charge in [-0.15, -0.1) is 0 Å². The van der Waals surface area contributed by atoms with E-state index in [2.05, 4.69) is 0 Å². The molecule has 2 amide bonds. The second-order valence-electron chi connectivity index (χ2n) is 8.99. The van der Waals surface area contributed by atoms with E-state index < -0.39 is 53.8 Å². The molecule has 2 atom stereocenters. The minimum atomic E-state index is -1.24. The lowest BCUT2D eigenvalue weighted by molar-refractivity contribution is -0.138. The molecular weight excluding hydrogens is 564 g/mol. The van der Waals surface area contributed by atoms with E-state index in [9.17, 15) is 28.8 Å². The third-order valence-electron chi connectivity index (χ3n) is 5.52. The Hall–Kier alpha value is -5.34. The van der Waals surface area contributed by atoms with Gasteiger partial charge in [0.1, 0.15) is 12.1 Å². The first-order chi connectivity index (χ1) is 20.3. The molecule has 0 aromatic heterocycles. The monoisotopic (exact) mass is 596 g/mol. The molecule has 228 valence electrons. The summed E-state index contributed by atoms with van der Waals surface area (Å²) >= 11 is 0. The molecule has 0 bridgehead atoms. The average Bonchev–Trinajstić information content (AvgIpc) is 2.95. The number of hydrogen-bond acceptors (Lipinski definition) is 12. The number of rotatable bonds is 16. The van der Waals surface area contributed by atoms with Gasteiger partial charge in [0.25, 0.3) is 0 Å². The third-order valence-corrected chi connectivity index (χ3v) is 5.52. The molecule has 0 spiro atoms. The number of benzene rings is 2. The Morgan fingerprint density at radius 2 is 1.02 bits per heavy atom. The smallest absolute Gasteiger partial charge is 0.328 e. The number of ether oxygens (including phenoxy) is 4. The molecule has 0 heterocycles. The number of carbonyl (C=O) groups is 6. The molecule has 43 heavy (non-hydrogen) atoms. The molecule has 14 heteroatoms. The Bertz CT molecular complexity index is 1340. The van der Waals surface area contributed by atoms with Crippen molar-refractivity contribution in [3.8, 4) is 23.0 Å². The lowest BCUT2D eigenvalue weighted by atomic mass is 10.1. The van der Waals surface area contributed by atoms with Gasteiger partial charge in [-0.3, -0.25) is 19.2 Å². The zero-order valence-corrected chi connectivity index (χ0v) is 23.4. The van der Waals surface area contributed by atoms with Crippen LogP contribution >= 0.6 is 0 Å². The molecule has 0 unspecified atom stereocenters. The summed E-state index contributed by atoms with van der Waals surface area (Å²) < 4.78 is 20.8. The van der Waals surface area contributed by atoms with Crippen molar-refractivity contribution in [2.24, 2.45) is 22.9 Å². The molecule has 0 aliphatic heterocycles. The summed E-state index contributed by atoms with van der Waals surface area (Å²) in [6.45, 7) is 0. The van der Waals surface area contributed by atoms with Gasteiger partial charge >= 0.3 is 11.9 Å². The van der Waals surface area contributed by atoms with Gasteiger partial charge in [0.2, 0.25) is 11.8 Å². The minimum absolute atomic E-state index is 0.0469. The molecule has 2 aromatic rings. The van der Waals surface area contributed by atoms with Crippen LogP contribution < -0.4 is 41.9 Å². The quantitative estimate of drug-likeness (QED) is 0.0877. The van der Waals surface area contributed by atoms with Crippen LogP contribution in [-0.4, -0.2) is 61.6 Å². The zero-order valence-electron chi connectivity index (χ0n) is 23.4. The van der Waals surface area contributed by atoms with Crippen LogP contribution in [0.15, 0.2) is 48.6 Å². The lowest BCUT2D eigenvalue weighted by Gasteiger charge is -2.12. The van der Waals surface area contributed by atoms with E-state index in [1.807, 2.05) is 0 Å². The van der Waals surface area contributed by atoms with Crippen LogP contribution in [0.4, 0.5) is 0 Å². The molecule has 2 rings (SSSR count). The number of ketones is 2. The van der Waals surface area contributed by atoms with Crippen molar-refractivity contribution in [1.82, 2.24) is 0 Å². The number of amides is 2. The number of allylic oxidation sites excluding steroid dienone is 2. The number of methoxy groups -OCH3 is 2. The lowest BCUT2D eigenvalue weighted by Crippen LogP contribution is -2.38. The van der Waals surface area contributed by atoms with Crippen molar-refractivity contribution in [1.29, 1.82) is 0 Å². The first-order valence-corrected chi connectivity index (χ1v) is 12.6. The van der Waals surface area contributed by atoms with E-state index in [1.54, 1.807) is 0 Å². The number of esters is 2. The molecule has 8 N–H and O–H groups in total. The number of nitrogens with two attached hydrogens (primary N) is 4. The molecule has 0 radical (unpaired) electrons. The fraction of sp³-hybridized carbons (Fsp3) is 0.241. The summed E-state index contributed by atoms with van der Waals surface area (Å²) in [7, 11) is 2.69. The van der Waals surface area contributed by atoms with Gasteiger partial charge in [-0.05, 0) is 47.5 Å². The predicted octanol–water partition coefficient (Wildman–Crippen LogP) is 0.175. The topological polar surface area (TPSA) is 243 Å². The van der Waals surface area contributed by atoms with Crippen molar-refractivity contribution in [3.05, 3.63) is 59.7 Å². The summed E-state index contributed by atoms with van der Waals surface area (Å²) in [6.07, 6.45) is 4.15. The molecule has 0 saturated heterocycles. The highest BCUT2D eigenvalue weighted by atomic mass is 16.6. The second kappa shape index (κ2) is 16.2. The fourth-order valence-corrected chi connectivity index (χ4v) is 3.38. The van der Waals surface area contributed by atoms with Gasteiger partial charge in [-0.2, -0.15) is 0 Å². The number of hydrogen-bond donors (Lipinski definition) is 4. The Morgan fingerprint density at radius 3 is 1.35 bits per heavy atom. The van der Waals surface area contributed by atoms with Crippen LogP contribution in [0.1, 0.15) is 30.4 Å². The molecule has 14 nitrogen and oxygen atoms in total. The standard InChI is InChI=1S/C29H32N4O10/c1-40-24-11-16(5-9-22(24)42-28(38)20(30)14-26(32)36)3-7-18(34)13-19(35)8-4-17-6-10-23(25(12-17)41-2)43-29(39)21(31)15-27(33)37/h3-12,20-21H,13-15,30-31H2,1-2H3,(H2,32,36)(H2,33,37)/b7-3+,8-4+/t20-,21-/m0/s1. The zero-order chi connectivity index (χ0) is 32.1. The summed E-state index contributed by atoms with van der Waals surface area (Å²) in [6, 6.07) is 6.42. The van der Waals surface area contributed by atoms with E-state index in [0.717, 1.165) is 0 Å². The van der Waals surface area contributed by atoms with Crippen LogP contribution in [0.5, 0.6) is 23.0 Å². The van der Waals surface area contributed by atoms with Gasteiger partial charge in [-0.1, -0.05) is 24.3 Å². The van der Waals surface area contributed by atoms with E-state index in [4.69, 9.17) is 41.9 Å². The van der Waals surface area contributed by atoms with Crippen molar-refractivity contribution in [2.75, 3.05) is 14.2 Å². The average molecular weight is 597 g/mol. The summed E-state index contributed by atoms with van der Waals surface area (Å²) in [4.78, 5) is 70.7. The van der Waals surface area contributed by atoms with Crippen LogP contribution in [0.3, 0.4) is 0 Å². The van der Waals surface area contributed by atoms with Crippen molar-refractivity contribution >= 4 is 47.5 Å². The van der Waals surface area contributed by atoms with Gasteiger partial charge in [-0.25, -0.2) is 9.59 Å². The van der Waals surface area contributed by atoms with Gasteiger partial charge < -0.3 is 41.9 Å². The number of primary amides is 2. The Kier molecular flexibility index (Phi) is 12.8. The van der Waals surface area contributed by atoms with Crippen molar-refractivity contribution < 1.29 is 47.7 Å². The SMILES string of the molecule is COc1cc(/C=C/C(=O)CC(=O)/C=C/c2ccc(OC(=O)[C@@H](N)CC(N)=O)c(OC)c2)ccc1OC(=O)[C@@H](N)CC(N)=O. The maximum Gasteiger partial charge on any atom is 0.328 e. The molecule has 0 aliphatic carbocycles. The van der Waals surface area contributed by atoms with Gasteiger partial charge in [0.15, 0.2) is 34.6 Å². The first kappa shape index (κ1) is 33.9. The third kappa shape index (κ3) is 11.2. The normalized spacial score (nSPS) is 12.4. The van der Waals surface area contributed by atoms with Crippen molar-refractivity contribution in [3.63, 3.8) is 0 Å². The highest BCUT2D eigenvalue weighted by molar-refractivity contribution is 6.11. The second-order valence-corrected chi connectivity index (χ2v) is 8.99. The van der Waals surface area contributed by atoms with Gasteiger partial charge in [0, 0.05) is 0 Å². The van der Waals surface area contributed by atoms with E-state index in [0.29, 0.717) is 11.1 Å². The molecule has 2 aromatic carbocycles. The van der Waals surface area contributed by atoms with E-state index >= 15 is 0 Å². The van der Waals surface area contributed by atoms with E-state index in [1.165, 1.54) is 74.9 Å². The van der Waals surface area contributed by atoms with Crippen LogP contribution in [0, 0.1) is 0 Å².